The summed E-state index contributed by atoms with van der Waals surface area (Å²) in [6.07, 6.45) is 2.42. The van der Waals surface area contributed by atoms with E-state index < -0.39 is 27.1 Å². The minimum absolute atomic E-state index is 0.0581. The largest absolute Gasteiger partial charge is 0.497 e. The molecule has 2 unspecified atom stereocenters. The molecule has 174 valence electrons. The zero-order valence-corrected chi connectivity index (χ0v) is 19.4. The van der Waals surface area contributed by atoms with Crippen molar-refractivity contribution in [3.8, 4) is 11.5 Å². The lowest BCUT2D eigenvalue weighted by Gasteiger charge is -2.37. The monoisotopic (exact) mass is 461 g/mol. The van der Waals surface area contributed by atoms with Crippen LogP contribution >= 0.6 is 0 Å². The smallest absolute Gasteiger partial charge is 0.306 e. The molecule has 2 atom stereocenters. The highest BCUT2D eigenvalue weighted by atomic mass is 32.2. The zero-order chi connectivity index (χ0) is 23.1. The fourth-order valence-corrected chi connectivity index (χ4v) is 5.77. The second-order valence-electron chi connectivity index (χ2n) is 8.05. The molecule has 2 aromatic carbocycles. The summed E-state index contributed by atoms with van der Waals surface area (Å²) in [6.45, 7) is 3.47. The Kier molecular flexibility index (Phi) is 8.15. The molecule has 3 rings (SSSR count). The SMILES string of the molecule is CCCCOc1ccc(S(=O)(=O)C2CC(C(=O)O)CCN2Cc2ccc(OC)cc2)cc1. The first kappa shape index (κ1) is 24.1. The number of carboxylic acids is 1. The van der Waals surface area contributed by atoms with Gasteiger partial charge in [-0.25, -0.2) is 8.42 Å². The van der Waals surface area contributed by atoms with E-state index in [4.69, 9.17) is 9.47 Å². The maximum atomic E-state index is 13.5. The minimum atomic E-state index is -3.77. The standard InChI is InChI=1S/C24H31NO6S/c1-3-4-15-31-21-9-11-22(12-10-21)32(28,29)23-16-19(24(26)27)13-14-25(23)17-18-5-7-20(30-2)8-6-18/h5-12,19,23H,3-4,13-17H2,1-2H3,(H,26,27). The lowest BCUT2D eigenvalue weighted by atomic mass is 9.96. The number of unbranched alkanes of at least 4 members (excludes halogenated alkanes) is 1. The third kappa shape index (κ3) is 5.81. The molecule has 1 N–H and O–H groups in total. The van der Waals surface area contributed by atoms with Crippen molar-refractivity contribution >= 4 is 15.8 Å². The lowest BCUT2D eigenvalue weighted by Crippen LogP contribution is -2.47. The van der Waals surface area contributed by atoms with Crippen LogP contribution in [0, 0.1) is 5.92 Å². The summed E-state index contributed by atoms with van der Waals surface area (Å²) >= 11 is 0. The van der Waals surface area contributed by atoms with Crippen molar-refractivity contribution in [3.63, 3.8) is 0 Å². The number of carbonyl (C=O) groups is 1. The van der Waals surface area contributed by atoms with Gasteiger partial charge in [-0.3, -0.25) is 9.69 Å². The lowest BCUT2D eigenvalue weighted by molar-refractivity contribution is -0.143. The van der Waals surface area contributed by atoms with Crippen LogP contribution in [0.1, 0.15) is 38.2 Å². The average molecular weight is 462 g/mol. The molecule has 1 fully saturated rings. The number of nitrogens with zero attached hydrogens (tertiary/aromatic N) is 1. The fourth-order valence-electron chi connectivity index (χ4n) is 3.89. The molecule has 0 saturated carbocycles. The number of ether oxygens (including phenoxy) is 2. The number of methoxy groups -OCH3 is 1. The van der Waals surface area contributed by atoms with E-state index in [1.165, 1.54) is 0 Å². The number of likely N-dealkylation sites (tertiary alicyclic amines) is 1. The van der Waals surface area contributed by atoms with Gasteiger partial charge in [0.25, 0.3) is 0 Å². The topological polar surface area (TPSA) is 93.1 Å². The molecule has 0 amide bonds. The van der Waals surface area contributed by atoms with Gasteiger partial charge in [0, 0.05) is 13.1 Å². The second-order valence-corrected chi connectivity index (χ2v) is 10.2. The molecule has 1 aliphatic heterocycles. The molecule has 1 saturated heterocycles. The summed E-state index contributed by atoms with van der Waals surface area (Å²) in [7, 11) is -2.18. The number of benzene rings is 2. The summed E-state index contributed by atoms with van der Waals surface area (Å²) < 4.78 is 37.9. The fraction of sp³-hybridized carbons (Fsp3) is 0.458. The molecule has 0 aromatic heterocycles. The Morgan fingerprint density at radius 2 is 1.75 bits per heavy atom. The number of rotatable bonds is 10. The predicted octanol–water partition coefficient (Wildman–Crippen LogP) is 3.97. The Bertz CT molecular complexity index is 988. The van der Waals surface area contributed by atoms with Crippen LogP contribution in [0.25, 0.3) is 0 Å². The van der Waals surface area contributed by atoms with Gasteiger partial charge in [-0.05, 0) is 61.2 Å². The number of hydrogen-bond donors (Lipinski definition) is 1. The van der Waals surface area contributed by atoms with Crippen molar-refractivity contribution in [2.45, 2.75) is 49.4 Å². The molecule has 2 aromatic rings. The number of hydrogen-bond acceptors (Lipinski definition) is 6. The highest BCUT2D eigenvalue weighted by Crippen LogP contribution is 2.32. The molecular weight excluding hydrogens is 430 g/mol. The van der Waals surface area contributed by atoms with Crippen molar-refractivity contribution in [1.29, 1.82) is 0 Å². The molecule has 8 heteroatoms. The van der Waals surface area contributed by atoms with E-state index in [-0.39, 0.29) is 11.3 Å². The van der Waals surface area contributed by atoms with Gasteiger partial charge in [0.2, 0.25) is 0 Å². The van der Waals surface area contributed by atoms with Crippen molar-refractivity contribution in [2.24, 2.45) is 5.92 Å². The van der Waals surface area contributed by atoms with Gasteiger partial charge < -0.3 is 14.6 Å². The van der Waals surface area contributed by atoms with Crippen LogP contribution in [-0.2, 0) is 21.2 Å². The van der Waals surface area contributed by atoms with Gasteiger partial charge in [0.15, 0.2) is 9.84 Å². The van der Waals surface area contributed by atoms with Crippen LogP contribution in [-0.4, -0.2) is 50.0 Å². The van der Waals surface area contributed by atoms with Crippen molar-refractivity contribution < 1.29 is 27.8 Å². The summed E-state index contributed by atoms with van der Waals surface area (Å²) in [6, 6.07) is 13.9. The van der Waals surface area contributed by atoms with Crippen LogP contribution in [0.2, 0.25) is 0 Å². The number of aliphatic carboxylic acids is 1. The van der Waals surface area contributed by atoms with Crippen LogP contribution < -0.4 is 9.47 Å². The maximum absolute atomic E-state index is 13.5. The van der Waals surface area contributed by atoms with E-state index >= 15 is 0 Å². The Morgan fingerprint density at radius 1 is 1.09 bits per heavy atom. The molecule has 1 heterocycles. The van der Waals surface area contributed by atoms with Crippen LogP contribution in [0.3, 0.4) is 0 Å². The molecule has 0 radical (unpaired) electrons. The van der Waals surface area contributed by atoms with Crippen LogP contribution in [0.4, 0.5) is 0 Å². The van der Waals surface area contributed by atoms with E-state index in [0.29, 0.717) is 31.9 Å². The second kappa shape index (κ2) is 10.8. The van der Waals surface area contributed by atoms with Crippen molar-refractivity contribution in [2.75, 3.05) is 20.3 Å². The Balaban J connectivity index is 1.82. The van der Waals surface area contributed by atoms with Crippen molar-refractivity contribution in [3.05, 3.63) is 54.1 Å². The first-order chi connectivity index (χ1) is 15.3. The Labute approximate surface area is 189 Å². The van der Waals surface area contributed by atoms with Gasteiger partial charge in [-0.2, -0.15) is 0 Å². The molecular formula is C24H31NO6S. The first-order valence-electron chi connectivity index (χ1n) is 10.9. The van der Waals surface area contributed by atoms with E-state index in [1.54, 1.807) is 31.4 Å². The molecule has 32 heavy (non-hydrogen) atoms. The predicted molar refractivity (Wildman–Crippen MR) is 122 cm³/mol. The van der Waals surface area contributed by atoms with Crippen LogP contribution in [0.5, 0.6) is 11.5 Å². The minimum Gasteiger partial charge on any atom is -0.497 e. The normalized spacial score (nSPS) is 19.4. The highest BCUT2D eigenvalue weighted by Gasteiger charge is 2.40. The van der Waals surface area contributed by atoms with E-state index in [0.717, 1.165) is 24.2 Å². The van der Waals surface area contributed by atoms with Crippen LogP contribution in [0.15, 0.2) is 53.4 Å². The number of carboxylic acid groups (broad SMARTS) is 1. The van der Waals surface area contributed by atoms with Gasteiger partial charge >= 0.3 is 5.97 Å². The average Bonchev–Trinajstić information content (AvgIpc) is 2.80. The Morgan fingerprint density at radius 3 is 2.34 bits per heavy atom. The third-order valence-corrected chi connectivity index (χ3v) is 7.97. The van der Waals surface area contributed by atoms with Gasteiger partial charge in [0.05, 0.1) is 24.5 Å². The third-order valence-electron chi connectivity index (χ3n) is 5.83. The molecule has 7 nitrogen and oxygen atoms in total. The molecule has 0 bridgehead atoms. The Hall–Kier alpha value is -2.58. The quantitative estimate of drug-likeness (QED) is 0.535. The summed E-state index contributed by atoms with van der Waals surface area (Å²) in [5, 5.41) is 8.61. The molecule has 1 aliphatic rings. The van der Waals surface area contributed by atoms with E-state index in [1.807, 2.05) is 29.2 Å². The molecule has 0 spiro atoms. The molecule has 0 aliphatic carbocycles. The highest BCUT2D eigenvalue weighted by molar-refractivity contribution is 7.92. The summed E-state index contributed by atoms with van der Waals surface area (Å²) in [4.78, 5) is 13.7. The maximum Gasteiger partial charge on any atom is 0.306 e. The van der Waals surface area contributed by atoms with E-state index in [2.05, 4.69) is 6.92 Å². The zero-order valence-electron chi connectivity index (χ0n) is 18.6. The first-order valence-corrected chi connectivity index (χ1v) is 12.5. The van der Waals surface area contributed by atoms with Gasteiger partial charge in [-0.1, -0.05) is 25.5 Å². The van der Waals surface area contributed by atoms with Gasteiger partial charge in [-0.15, -0.1) is 0 Å². The van der Waals surface area contributed by atoms with Crippen molar-refractivity contribution in [1.82, 2.24) is 4.90 Å². The summed E-state index contributed by atoms with van der Waals surface area (Å²) in [5.41, 5.74) is 0.944. The number of piperidine rings is 1. The van der Waals surface area contributed by atoms with Gasteiger partial charge in [0.1, 0.15) is 16.9 Å². The number of sulfone groups is 1. The summed E-state index contributed by atoms with van der Waals surface area (Å²) in [5.74, 6) is -0.282. The van der Waals surface area contributed by atoms with E-state index in [9.17, 15) is 18.3 Å².